The number of fused-ring (bicyclic) bond motifs is 1. The Hall–Kier alpha value is -1.02. The van der Waals surface area contributed by atoms with Gasteiger partial charge in [0.25, 0.3) is 0 Å². The van der Waals surface area contributed by atoms with Crippen LogP contribution in [0, 0.1) is 0 Å². The highest BCUT2D eigenvalue weighted by Crippen LogP contribution is 2.37. The van der Waals surface area contributed by atoms with Gasteiger partial charge in [-0.1, -0.05) is 19.9 Å². The number of rotatable bonds is 0. The van der Waals surface area contributed by atoms with Crippen LogP contribution >= 0.6 is 0 Å². The maximum atomic E-state index is 9.39. The standard InChI is InChI=1S/C12H17NO/c1-12(2)10-5-4-9(14)7-8(10)3-6-11(12)13/h4-5,7,11,14H,3,6,13H2,1-2H3. The van der Waals surface area contributed by atoms with E-state index in [2.05, 4.69) is 13.8 Å². The number of nitrogens with two attached hydrogens (primary N) is 1. The molecule has 0 bridgehead atoms. The predicted molar refractivity (Wildman–Crippen MR) is 57.4 cm³/mol. The SMILES string of the molecule is CC1(C)c2ccc(O)cc2CCC1N. The summed E-state index contributed by atoms with van der Waals surface area (Å²) in [7, 11) is 0. The molecule has 1 aromatic carbocycles. The molecule has 1 unspecified atom stereocenters. The summed E-state index contributed by atoms with van der Waals surface area (Å²) in [6.45, 7) is 4.35. The molecule has 1 aliphatic rings. The highest BCUT2D eigenvalue weighted by molar-refractivity contribution is 5.42. The highest BCUT2D eigenvalue weighted by atomic mass is 16.3. The molecule has 0 aliphatic heterocycles. The average molecular weight is 191 g/mol. The second-order valence-corrected chi connectivity index (χ2v) is 4.71. The van der Waals surface area contributed by atoms with E-state index in [-0.39, 0.29) is 11.5 Å². The monoisotopic (exact) mass is 191 g/mol. The van der Waals surface area contributed by atoms with Crippen LogP contribution in [0.2, 0.25) is 0 Å². The number of phenolic OH excluding ortho intramolecular Hbond substituents is 1. The van der Waals surface area contributed by atoms with Gasteiger partial charge < -0.3 is 10.8 Å². The van der Waals surface area contributed by atoms with Gasteiger partial charge in [0.15, 0.2) is 0 Å². The molecule has 2 rings (SSSR count). The second kappa shape index (κ2) is 2.99. The molecule has 3 N–H and O–H groups in total. The van der Waals surface area contributed by atoms with Crippen molar-refractivity contribution in [2.75, 3.05) is 0 Å². The quantitative estimate of drug-likeness (QED) is 0.658. The Labute approximate surface area is 84.7 Å². The third-order valence-electron chi connectivity index (χ3n) is 3.43. The maximum Gasteiger partial charge on any atom is 0.115 e. The number of phenols is 1. The van der Waals surface area contributed by atoms with Crippen molar-refractivity contribution in [2.45, 2.75) is 38.1 Å². The lowest BCUT2D eigenvalue weighted by molar-refractivity contribution is 0.362. The molecule has 0 aromatic heterocycles. The zero-order valence-corrected chi connectivity index (χ0v) is 8.75. The Bertz CT molecular complexity index is 357. The van der Waals surface area contributed by atoms with Gasteiger partial charge in [0.05, 0.1) is 0 Å². The van der Waals surface area contributed by atoms with E-state index in [0.29, 0.717) is 5.75 Å². The van der Waals surface area contributed by atoms with Crippen molar-refractivity contribution >= 4 is 0 Å². The van der Waals surface area contributed by atoms with Crippen molar-refractivity contribution in [1.82, 2.24) is 0 Å². The number of hydrogen-bond acceptors (Lipinski definition) is 2. The summed E-state index contributed by atoms with van der Waals surface area (Å²) in [5.41, 5.74) is 8.67. The first-order valence-electron chi connectivity index (χ1n) is 5.10. The van der Waals surface area contributed by atoms with Gasteiger partial charge in [-0.05, 0) is 36.1 Å². The van der Waals surface area contributed by atoms with E-state index in [9.17, 15) is 5.11 Å². The lowest BCUT2D eigenvalue weighted by atomic mass is 9.69. The van der Waals surface area contributed by atoms with Crippen molar-refractivity contribution in [3.05, 3.63) is 29.3 Å². The van der Waals surface area contributed by atoms with Gasteiger partial charge in [-0.3, -0.25) is 0 Å². The molecule has 0 radical (unpaired) electrons. The molecule has 0 spiro atoms. The molecule has 76 valence electrons. The Morgan fingerprint density at radius 2 is 2.14 bits per heavy atom. The Balaban J connectivity index is 2.53. The minimum absolute atomic E-state index is 0.0291. The van der Waals surface area contributed by atoms with E-state index in [0.717, 1.165) is 12.8 Å². The first kappa shape index (κ1) is 9.53. The topological polar surface area (TPSA) is 46.2 Å². The third-order valence-corrected chi connectivity index (χ3v) is 3.43. The number of hydrogen-bond donors (Lipinski definition) is 2. The highest BCUT2D eigenvalue weighted by Gasteiger charge is 2.33. The molecular weight excluding hydrogens is 174 g/mol. The van der Waals surface area contributed by atoms with Crippen molar-refractivity contribution in [3.63, 3.8) is 0 Å². The zero-order chi connectivity index (χ0) is 10.3. The fourth-order valence-electron chi connectivity index (χ4n) is 2.29. The molecule has 0 amide bonds. The third kappa shape index (κ3) is 1.30. The minimum Gasteiger partial charge on any atom is -0.508 e. The normalized spacial score (nSPS) is 24.4. The molecule has 2 heteroatoms. The van der Waals surface area contributed by atoms with Gasteiger partial charge in [0.1, 0.15) is 5.75 Å². The van der Waals surface area contributed by atoms with Crippen LogP contribution in [0.25, 0.3) is 0 Å². The molecule has 0 saturated heterocycles. The molecular formula is C12H17NO. The second-order valence-electron chi connectivity index (χ2n) is 4.71. The maximum absolute atomic E-state index is 9.39. The van der Waals surface area contributed by atoms with Crippen LogP contribution in [0.1, 0.15) is 31.4 Å². The zero-order valence-electron chi connectivity index (χ0n) is 8.75. The summed E-state index contributed by atoms with van der Waals surface area (Å²) < 4.78 is 0. The minimum atomic E-state index is 0.0291. The molecule has 2 nitrogen and oxygen atoms in total. The molecule has 1 aromatic rings. The van der Waals surface area contributed by atoms with Crippen LogP contribution in [0.3, 0.4) is 0 Å². The Kier molecular flexibility index (Phi) is 2.04. The van der Waals surface area contributed by atoms with Crippen LogP contribution in [0.15, 0.2) is 18.2 Å². The van der Waals surface area contributed by atoms with Crippen LogP contribution in [-0.4, -0.2) is 11.1 Å². The van der Waals surface area contributed by atoms with Crippen LogP contribution in [-0.2, 0) is 11.8 Å². The largest absolute Gasteiger partial charge is 0.508 e. The lowest BCUT2D eigenvalue weighted by Crippen LogP contribution is -2.44. The van der Waals surface area contributed by atoms with Crippen LogP contribution < -0.4 is 5.73 Å². The van der Waals surface area contributed by atoms with Gasteiger partial charge in [-0.25, -0.2) is 0 Å². The summed E-state index contributed by atoms with van der Waals surface area (Å²) in [4.78, 5) is 0. The number of aromatic hydroxyl groups is 1. The summed E-state index contributed by atoms with van der Waals surface area (Å²) in [5.74, 6) is 0.357. The van der Waals surface area contributed by atoms with E-state index < -0.39 is 0 Å². The summed E-state index contributed by atoms with van der Waals surface area (Å²) in [5, 5.41) is 9.39. The van der Waals surface area contributed by atoms with Gasteiger partial charge in [-0.15, -0.1) is 0 Å². The molecule has 14 heavy (non-hydrogen) atoms. The smallest absolute Gasteiger partial charge is 0.115 e. The van der Waals surface area contributed by atoms with Gasteiger partial charge >= 0.3 is 0 Å². The molecule has 0 saturated carbocycles. The first-order chi connectivity index (χ1) is 6.51. The van der Waals surface area contributed by atoms with Crippen LogP contribution in [0.4, 0.5) is 0 Å². The molecule has 1 atom stereocenters. The molecule has 0 heterocycles. The van der Waals surface area contributed by atoms with Crippen molar-refractivity contribution in [3.8, 4) is 5.75 Å². The van der Waals surface area contributed by atoms with Gasteiger partial charge in [-0.2, -0.15) is 0 Å². The van der Waals surface area contributed by atoms with E-state index in [1.807, 2.05) is 12.1 Å². The summed E-state index contributed by atoms with van der Waals surface area (Å²) in [6.07, 6.45) is 1.98. The summed E-state index contributed by atoms with van der Waals surface area (Å²) in [6, 6.07) is 5.84. The fraction of sp³-hybridized carbons (Fsp3) is 0.500. The average Bonchev–Trinajstić information content (AvgIpc) is 2.12. The van der Waals surface area contributed by atoms with Gasteiger partial charge in [0, 0.05) is 11.5 Å². The molecule has 1 aliphatic carbocycles. The van der Waals surface area contributed by atoms with Crippen molar-refractivity contribution in [2.24, 2.45) is 5.73 Å². The fourth-order valence-corrected chi connectivity index (χ4v) is 2.29. The number of aryl methyl sites for hydroxylation is 1. The van der Waals surface area contributed by atoms with E-state index in [1.165, 1.54) is 11.1 Å². The molecule has 0 fully saturated rings. The Morgan fingerprint density at radius 1 is 1.43 bits per heavy atom. The van der Waals surface area contributed by atoms with Crippen LogP contribution in [0.5, 0.6) is 5.75 Å². The Morgan fingerprint density at radius 3 is 2.86 bits per heavy atom. The van der Waals surface area contributed by atoms with Crippen molar-refractivity contribution < 1.29 is 5.11 Å². The number of benzene rings is 1. The van der Waals surface area contributed by atoms with E-state index in [1.54, 1.807) is 6.07 Å². The summed E-state index contributed by atoms with van der Waals surface area (Å²) >= 11 is 0. The lowest BCUT2D eigenvalue weighted by Gasteiger charge is -2.38. The predicted octanol–water partition coefficient (Wildman–Crippen LogP) is 1.94. The van der Waals surface area contributed by atoms with Crippen molar-refractivity contribution in [1.29, 1.82) is 0 Å². The van der Waals surface area contributed by atoms with E-state index >= 15 is 0 Å². The van der Waals surface area contributed by atoms with Gasteiger partial charge in [0.2, 0.25) is 0 Å². The van der Waals surface area contributed by atoms with E-state index in [4.69, 9.17) is 5.73 Å². The first-order valence-corrected chi connectivity index (χ1v) is 5.10.